The van der Waals surface area contributed by atoms with Gasteiger partial charge in [-0.25, -0.2) is 14.1 Å². The SMILES string of the molecule is Cn1cnc2c(C(=O)Nc3ccc(F)cc3)nn(-c3ccccc3)c2c1=O. The van der Waals surface area contributed by atoms with Gasteiger partial charge in [0.25, 0.3) is 11.5 Å². The molecule has 2 aromatic heterocycles. The van der Waals surface area contributed by atoms with Gasteiger partial charge in [-0.15, -0.1) is 0 Å². The maximum atomic E-state index is 13.1. The van der Waals surface area contributed by atoms with Crippen LogP contribution in [0.25, 0.3) is 16.7 Å². The zero-order valence-electron chi connectivity index (χ0n) is 14.3. The van der Waals surface area contributed by atoms with Crippen LogP contribution in [0.15, 0.2) is 65.7 Å². The number of aromatic nitrogens is 4. The molecular formula is C19H14FN5O2. The molecule has 0 bridgehead atoms. The molecule has 1 amide bonds. The van der Waals surface area contributed by atoms with Crippen LogP contribution in [-0.2, 0) is 7.05 Å². The van der Waals surface area contributed by atoms with Crippen molar-refractivity contribution >= 4 is 22.6 Å². The molecule has 7 nitrogen and oxygen atoms in total. The molecule has 27 heavy (non-hydrogen) atoms. The molecule has 2 heterocycles. The average molecular weight is 363 g/mol. The number of carbonyl (C=O) groups excluding carboxylic acids is 1. The van der Waals surface area contributed by atoms with E-state index in [2.05, 4.69) is 15.4 Å². The molecule has 8 heteroatoms. The topological polar surface area (TPSA) is 81.8 Å². The first-order chi connectivity index (χ1) is 13.0. The van der Waals surface area contributed by atoms with Crippen molar-refractivity contribution in [2.45, 2.75) is 0 Å². The van der Waals surface area contributed by atoms with Crippen LogP contribution in [-0.4, -0.2) is 25.2 Å². The smallest absolute Gasteiger partial charge is 0.279 e. The fourth-order valence-electron chi connectivity index (χ4n) is 2.72. The predicted molar refractivity (Wildman–Crippen MR) is 98.5 cm³/mol. The monoisotopic (exact) mass is 363 g/mol. The molecule has 0 aliphatic heterocycles. The Morgan fingerprint density at radius 1 is 1.07 bits per heavy atom. The van der Waals surface area contributed by atoms with E-state index in [0.717, 1.165) is 0 Å². The Morgan fingerprint density at radius 3 is 2.48 bits per heavy atom. The van der Waals surface area contributed by atoms with E-state index in [1.165, 1.54) is 39.8 Å². The average Bonchev–Trinajstić information content (AvgIpc) is 3.08. The number of aryl methyl sites for hydroxylation is 1. The molecule has 0 aliphatic carbocycles. The van der Waals surface area contributed by atoms with Crippen LogP contribution in [0.4, 0.5) is 10.1 Å². The molecule has 0 spiro atoms. The Balaban J connectivity index is 1.86. The lowest BCUT2D eigenvalue weighted by atomic mass is 10.2. The summed E-state index contributed by atoms with van der Waals surface area (Å²) in [6, 6.07) is 14.4. The minimum absolute atomic E-state index is 0.0101. The van der Waals surface area contributed by atoms with Crippen LogP contribution in [0, 0.1) is 5.82 Å². The summed E-state index contributed by atoms with van der Waals surface area (Å²) >= 11 is 0. The maximum absolute atomic E-state index is 13.1. The molecule has 134 valence electrons. The van der Waals surface area contributed by atoms with Crippen molar-refractivity contribution in [3.05, 3.63) is 82.8 Å². The van der Waals surface area contributed by atoms with E-state index in [1.54, 1.807) is 19.2 Å². The molecule has 0 radical (unpaired) electrons. The van der Waals surface area contributed by atoms with Crippen molar-refractivity contribution in [2.24, 2.45) is 7.05 Å². The summed E-state index contributed by atoms with van der Waals surface area (Å²) in [6.07, 6.45) is 1.34. The lowest BCUT2D eigenvalue weighted by molar-refractivity contribution is 0.102. The third kappa shape index (κ3) is 2.97. The van der Waals surface area contributed by atoms with Crippen molar-refractivity contribution in [3.63, 3.8) is 0 Å². The molecule has 1 N–H and O–H groups in total. The summed E-state index contributed by atoms with van der Waals surface area (Å²) in [6.45, 7) is 0. The quantitative estimate of drug-likeness (QED) is 0.606. The summed E-state index contributed by atoms with van der Waals surface area (Å²) < 4.78 is 15.8. The van der Waals surface area contributed by atoms with Gasteiger partial charge in [-0.05, 0) is 36.4 Å². The lowest BCUT2D eigenvalue weighted by Gasteiger charge is -2.03. The Kier molecular flexibility index (Phi) is 4.00. The largest absolute Gasteiger partial charge is 0.321 e. The maximum Gasteiger partial charge on any atom is 0.279 e. The summed E-state index contributed by atoms with van der Waals surface area (Å²) in [5.41, 5.74) is 1.13. The Labute approximate surface area is 152 Å². The van der Waals surface area contributed by atoms with E-state index in [9.17, 15) is 14.0 Å². The molecule has 0 saturated carbocycles. The molecule has 0 saturated heterocycles. The third-order valence-corrected chi connectivity index (χ3v) is 4.06. The molecule has 4 rings (SSSR count). The van der Waals surface area contributed by atoms with E-state index in [1.807, 2.05) is 18.2 Å². The second kappa shape index (κ2) is 6.49. The van der Waals surface area contributed by atoms with Gasteiger partial charge < -0.3 is 9.88 Å². The number of nitrogens with zero attached hydrogens (tertiary/aromatic N) is 4. The molecule has 0 atom stereocenters. The number of amides is 1. The van der Waals surface area contributed by atoms with Gasteiger partial charge in [0, 0.05) is 12.7 Å². The van der Waals surface area contributed by atoms with Gasteiger partial charge in [0.2, 0.25) is 0 Å². The van der Waals surface area contributed by atoms with E-state index in [4.69, 9.17) is 0 Å². The zero-order chi connectivity index (χ0) is 19.0. The Morgan fingerprint density at radius 2 is 1.78 bits per heavy atom. The van der Waals surface area contributed by atoms with Crippen LogP contribution in [0.2, 0.25) is 0 Å². The van der Waals surface area contributed by atoms with Gasteiger partial charge in [0.1, 0.15) is 11.3 Å². The number of hydrogen-bond donors (Lipinski definition) is 1. The van der Waals surface area contributed by atoms with Gasteiger partial charge in [-0.1, -0.05) is 18.2 Å². The molecule has 2 aromatic carbocycles. The van der Waals surface area contributed by atoms with E-state index < -0.39 is 11.7 Å². The lowest BCUT2D eigenvalue weighted by Crippen LogP contribution is -2.19. The van der Waals surface area contributed by atoms with Gasteiger partial charge >= 0.3 is 0 Å². The number of carbonyl (C=O) groups is 1. The van der Waals surface area contributed by atoms with E-state index >= 15 is 0 Å². The van der Waals surface area contributed by atoms with Crippen molar-refractivity contribution < 1.29 is 9.18 Å². The first-order valence-electron chi connectivity index (χ1n) is 8.11. The van der Waals surface area contributed by atoms with Crippen molar-refractivity contribution in [3.8, 4) is 5.69 Å². The van der Waals surface area contributed by atoms with Crippen molar-refractivity contribution in [1.82, 2.24) is 19.3 Å². The molecule has 0 fully saturated rings. The second-order valence-electron chi connectivity index (χ2n) is 5.91. The van der Waals surface area contributed by atoms with E-state index in [0.29, 0.717) is 11.4 Å². The number of halogens is 1. The van der Waals surface area contributed by atoms with Crippen LogP contribution in [0.5, 0.6) is 0 Å². The highest BCUT2D eigenvalue weighted by atomic mass is 19.1. The summed E-state index contributed by atoms with van der Waals surface area (Å²) in [4.78, 5) is 29.6. The molecular weight excluding hydrogens is 349 g/mol. The fraction of sp³-hybridized carbons (Fsp3) is 0.0526. The van der Waals surface area contributed by atoms with Gasteiger partial charge in [0.15, 0.2) is 11.2 Å². The second-order valence-corrected chi connectivity index (χ2v) is 5.91. The molecule has 0 unspecified atom stereocenters. The predicted octanol–water partition coefficient (Wildman–Crippen LogP) is 2.51. The zero-order valence-corrected chi connectivity index (χ0v) is 14.3. The summed E-state index contributed by atoms with van der Waals surface area (Å²) in [7, 11) is 1.58. The number of nitrogens with one attached hydrogen (secondary N) is 1. The number of para-hydroxylation sites is 1. The van der Waals surface area contributed by atoms with Crippen LogP contribution < -0.4 is 10.9 Å². The van der Waals surface area contributed by atoms with Crippen LogP contribution >= 0.6 is 0 Å². The number of rotatable bonds is 3. The minimum Gasteiger partial charge on any atom is -0.321 e. The molecule has 0 aliphatic rings. The fourth-order valence-corrected chi connectivity index (χ4v) is 2.72. The summed E-state index contributed by atoms with van der Waals surface area (Å²) in [5, 5.41) is 6.98. The minimum atomic E-state index is -0.540. The number of fused-ring (bicyclic) bond motifs is 1. The number of hydrogen-bond acceptors (Lipinski definition) is 4. The molecule has 4 aromatic rings. The highest BCUT2D eigenvalue weighted by Gasteiger charge is 2.22. The van der Waals surface area contributed by atoms with Crippen LogP contribution in [0.3, 0.4) is 0 Å². The first-order valence-corrected chi connectivity index (χ1v) is 8.11. The van der Waals surface area contributed by atoms with Gasteiger partial charge in [-0.2, -0.15) is 5.10 Å². The first kappa shape index (κ1) is 16.6. The highest BCUT2D eigenvalue weighted by molar-refractivity contribution is 6.10. The van der Waals surface area contributed by atoms with Crippen LogP contribution in [0.1, 0.15) is 10.5 Å². The number of anilines is 1. The Bertz CT molecular complexity index is 1200. The third-order valence-electron chi connectivity index (χ3n) is 4.06. The van der Waals surface area contributed by atoms with Gasteiger partial charge in [0.05, 0.1) is 12.0 Å². The van der Waals surface area contributed by atoms with Gasteiger partial charge in [-0.3, -0.25) is 9.59 Å². The van der Waals surface area contributed by atoms with Crippen molar-refractivity contribution in [2.75, 3.05) is 5.32 Å². The normalized spacial score (nSPS) is 10.9. The highest BCUT2D eigenvalue weighted by Crippen LogP contribution is 2.19. The van der Waals surface area contributed by atoms with Crippen molar-refractivity contribution in [1.29, 1.82) is 0 Å². The number of benzene rings is 2. The van der Waals surface area contributed by atoms with E-state index in [-0.39, 0.29) is 22.3 Å². The standard InChI is InChI=1S/C19H14FN5O2/c1-24-11-21-15-16(18(26)22-13-9-7-12(20)8-10-13)23-25(17(15)19(24)27)14-5-3-2-4-6-14/h2-11H,1H3,(H,22,26). The Hall–Kier alpha value is -3.81. The summed E-state index contributed by atoms with van der Waals surface area (Å²) in [5.74, 6) is -0.945.